The zero-order valence-corrected chi connectivity index (χ0v) is 18.3. The first-order chi connectivity index (χ1) is 13.6. The Morgan fingerprint density at radius 1 is 1.27 bits per heavy atom. The number of nitrogens with one attached hydrogen (secondary N) is 1. The number of nitrogens with zero attached hydrogens (tertiary/aromatic N) is 1. The van der Waals surface area contributed by atoms with Gasteiger partial charge in [-0.05, 0) is 11.4 Å². The predicted octanol–water partition coefficient (Wildman–Crippen LogP) is 1.11. The van der Waals surface area contributed by atoms with Gasteiger partial charge in [-0.2, -0.15) is 13.6 Å². The molecule has 0 aromatic carbocycles. The maximum absolute atomic E-state index is 12.9. The molecule has 0 radical (unpaired) electrons. The molecule has 1 saturated heterocycles. The summed E-state index contributed by atoms with van der Waals surface area (Å²) in [5.74, 6) is 0. The molecular formula is C10H16FN2O13P3S. The molecule has 5 N–H and O–H groups in total. The summed E-state index contributed by atoms with van der Waals surface area (Å²) in [6.07, 6.45) is -2.74. The monoisotopic (exact) mass is 516 g/mol. The van der Waals surface area contributed by atoms with Crippen molar-refractivity contribution < 1.29 is 60.6 Å². The van der Waals surface area contributed by atoms with Gasteiger partial charge in [0.15, 0.2) is 0 Å². The Kier molecular flexibility index (Phi) is 8.08. The zero-order valence-electron chi connectivity index (χ0n) is 14.8. The first-order valence-electron chi connectivity index (χ1n) is 7.66. The largest absolute Gasteiger partial charge is 0.490 e. The van der Waals surface area contributed by atoms with Crippen LogP contribution in [-0.4, -0.2) is 47.9 Å². The minimum absolute atomic E-state index is 0.178. The fourth-order valence-electron chi connectivity index (χ4n) is 2.39. The Morgan fingerprint density at radius 2 is 1.90 bits per heavy atom. The highest BCUT2D eigenvalue weighted by Crippen LogP contribution is 2.66. The highest BCUT2D eigenvalue weighted by atomic mass is 32.1. The van der Waals surface area contributed by atoms with Crippen LogP contribution in [0.2, 0.25) is 0 Å². The molecule has 1 aromatic heterocycles. The van der Waals surface area contributed by atoms with Crippen molar-refractivity contribution in [3.05, 3.63) is 26.9 Å². The normalized spacial score (nSPS) is 26.3. The molecule has 3 unspecified atom stereocenters. The maximum atomic E-state index is 12.9. The Balaban J connectivity index is 2.08. The molecule has 1 fully saturated rings. The number of ether oxygens (including phenoxy) is 1. The Hall–Kier alpha value is -0.640. The number of halogens is 1. The van der Waals surface area contributed by atoms with Crippen LogP contribution in [0.15, 0.2) is 11.0 Å². The first kappa shape index (κ1) is 25.6. The average Bonchev–Trinajstić information content (AvgIpc) is 2.96. The summed E-state index contributed by atoms with van der Waals surface area (Å²) in [4.78, 5) is 53.6. The minimum Gasteiger partial charge on any atom is -0.349 e. The van der Waals surface area contributed by atoms with Gasteiger partial charge in [-0.1, -0.05) is 12.2 Å². The van der Waals surface area contributed by atoms with Gasteiger partial charge in [-0.15, -0.1) is 0 Å². The van der Waals surface area contributed by atoms with Crippen LogP contribution in [0.4, 0.5) is 4.53 Å². The fourth-order valence-corrected chi connectivity index (χ4v) is 5.56. The number of aromatic amines is 1. The fraction of sp³-hybridized carbons (Fsp3) is 0.600. The maximum Gasteiger partial charge on any atom is 0.490 e. The molecule has 0 saturated carbocycles. The zero-order chi connectivity index (χ0) is 22.9. The molecular weight excluding hydrogens is 500 g/mol. The van der Waals surface area contributed by atoms with Crippen LogP contribution in [-0.2, 0) is 36.5 Å². The summed E-state index contributed by atoms with van der Waals surface area (Å²) in [5.41, 5.74) is -0.177. The second kappa shape index (κ2) is 9.46. The molecule has 0 aliphatic carbocycles. The summed E-state index contributed by atoms with van der Waals surface area (Å²) in [7, 11) is -16.7. The van der Waals surface area contributed by atoms with Gasteiger partial charge in [0.2, 0.25) is 0 Å². The number of hydrogen-bond donors (Lipinski definition) is 5. The van der Waals surface area contributed by atoms with E-state index < -0.39 is 54.2 Å². The standard InChI is InChI=1S/C10H16FN2O13P3S/c1-5-3-13(10(14)12-9(5)30)8-2-6(24-11)7(23-8)4-22-28(18,19)26-29(20,21)25-27(15,16)17/h3,6-8H,2,4H2,1H3,(H,18,19)(H,20,21)(H,12,14,30)(H2,15,16,17)/t6?,7-,8-/m1/s1. The van der Waals surface area contributed by atoms with Crippen molar-refractivity contribution in [3.63, 3.8) is 0 Å². The molecule has 0 amide bonds. The Labute approximate surface area is 171 Å². The molecule has 30 heavy (non-hydrogen) atoms. The van der Waals surface area contributed by atoms with Crippen LogP contribution in [0.1, 0.15) is 18.2 Å². The van der Waals surface area contributed by atoms with Gasteiger partial charge in [0.25, 0.3) is 0 Å². The Bertz CT molecular complexity index is 1040. The number of rotatable bonds is 9. The van der Waals surface area contributed by atoms with E-state index in [1.165, 1.54) is 6.20 Å². The molecule has 15 nitrogen and oxygen atoms in total. The Morgan fingerprint density at radius 3 is 2.47 bits per heavy atom. The van der Waals surface area contributed by atoms with E-state index in [0.717, 1.165) is 4.57 Å². The summed E-state index contributed by atoms with van der Waals surface area (Å²) in [6.45, 7) is 0.658. The molecule has 1 aliphatic heterocycles. The second-order valence-electron chi connectivity index (χ2n) is 5.86. The summed E-state index contributed by atoms with van der Waals surface area (Å²) >= 11 is 4.91. The highest BCUT2D eigenvalue weighted by Gasteiger charge is 2.44. The van der Waals surface area contributed by atoms with E-state index in [1.54, 1.807) is 6.92 Å². The smallest absolute Gasteiger partial charge is 0.349 e. The third kappa shape index (κ3) is 7.21. The molecule has 0 spiro atoms. The van der Waals surface area contributed by atoms with Crippen molar-refractivity contribution in [1.29, 1.82) is 0 Å². The first-order valence-corrected chi connectivity index (χ1v) is 12.6. The number of hydrogen-bond acceptors (Lipinski definition) is 10. The van der Waals surface area contributed by atoms with E-state index >= 15 is 0 Å². The van der Waals surface area contributed by atoms with Crippen molar-refractivity contribution in [2.75, 3.05) is 6.61 Å². The molecule has 5 atom stereocenters. The highest BCUT2D eigenvalue weighted by molar-refractivity contribution is 7.71. The number of aryl methyl sites for hydroxylation is 1. The number of phosphoric ester groups is 1. The topological polar surface area (TPSA) is 216 Å². The molecule has 1 aromatic rings. The summed E-state index contributed by atoms with van der Waals surface area (Å²) in [6, 6.07) is 0. The van der Waals surface area contributed by atoms with E-state index in [4.69, 9.17) is 31.6 Å². The molecule has 2 rings (SSSR count). The van der Waals surface area contributed by atoms with Gasteiger partial charge in [0.1, 0.15) is 23.1 Å². The van der Waals surface area contributed by atoms with Gasteiger partial charge < -0.3 is 24.3 Å². The quantitative estimate of drug-likeness (QED) is 0.230. The molecule has 2 heterocycles. The van der Waals surface area contributed by atoms with Crippen molar-refractivity contribution >= 4 is 35.7 Å². The SMILES string of the molecule is Cc1cn([C@H]2CC(OF)[C@@H](COP(=O)(O)OP(=O)(O)OP(=O)(O)O)O2)c(=O)[nH]c1=S. The number of aromatic nitrogens is 2. The second-order valence-corrected chi connectivity index (χ2v) is 10.7. The third-order valence-corrected chi connectivity index (χ3v) is 7.80. The van der Waals surface area contributed by atoms with Crippen LogP contribution in [0.25, 0.3) is 0 Å². The lowest BCUT2D eigenvalue weighted by Crippen LogP contribution is -2.28. The van der Waals surface area contributed by atoms with E-state index in [2.05, 4.69) is 23.1 Å². The molecule has 1 aliphatic rings. The number of H-pyrrole nitrogens is 1. The van der Waals surface area contributed by atoms with Gasteiger partial charge in [-0.25, -0.2) is 18.5 Å². The van der Waals surface area contributed by atoms with Gasteiger partial charge >= 0.3 is 29.2 Å². The van der Waals surface area contributed by atoms with Crippen LogP contribution in [0.3, 0.4) is 0 Å². The van der Waals surface area contributed by atoms with Gasteiger partial charge in [0.05, 0.1) is 6.61 Å². The lowest BCUT2D eigenvalue weighted by molar-refractivity contribution is -0.196. The minimum atomic E-state index is -5.70. The van der Waals surface area contributed by atoms with Crippen molar-refractivity contribution in [1.82, 2.24) is 9.55 Å². The van der Waals surface area contributed by atoms with Crippen molar-refractivity contribution in [2.24, 2.45) is 0 Å². The van der Waals surface area contributed by atoms with Crippen LogP contribution < -0.4 is 5.69 Å². The van der Waals surface area contributed by atoms with Gasteiger partial charge in [-0.3, -0.25) is 14.1 Å². The third-order valence-electron chi connectivity index (χ3n) is 3.57. The van der Waals surface area contributed by atoms with E-state index in [0.29, 0.717) is 5.56 Å². The van der Waals surface area contributed by atoms with Crippen LogP contribution in [0, 0.1) is 11.6 Å². The summed E-state index contributed by atoms with van der Waals surface area (Å²) < 4.78 is 64.6. The predicted molar refractivity (Wildman–Crippen MR) is 94.9 cm³/mol. The number of phosphoric acid groups is 3. The lowest BCUT2D eigenvalue weighted by atomic mass is 10.2. The molecule has 0 bridgehead atoms. The van der Waals surface area contributed by atoms with Gasteiger partial charge in [0, 0.05) is 18.2 Å². The van der Waals surface area contributed by atoms with Crippen LogP contribution >= 0.6 is 35.7 Å². The lowest BCUT2D eigenvalue weighted by Gasteiger charge is -2.19. The van der Waals surface area contributed by atoms with E-state index in [-0.39, 0.29) is 11.1 Å². The van der Waals surface area contributed by atoms with Crippen LogP contribution in [0.5, 0.6) is 0 Å². The van der Waals surface area contributed by atoms with Crippen molar-refractivity contribution in [3.8, 4) is 0 Å². The van der Waals surface area contributed by atoms with Crippen molar-refractivity contribution in [2.45, 2.75) is 31.8 Å². The molecule has 172 valence electrons. The summed E-state index contributed by atoms with van der Waals surface area (Å²) in [5, 5.41) is 0. The van der Waals surface area contributed by atoms with E-state index in [1.807, 2.05) is 0 Å². The molecule has 20 heteroatoms. The van der Waals surface area contributed by atoms with E-state index in [9.17, 15) is 27.9 Å². The average molecular weight is 516 g/mol.